The molecule has 0 saturated heterocycles. The lowest BCUT2D eigenvalue weighted by molar-refractivity contribution is 0.695. The third kappa shape index (κ3) is 1.20. The molecule has 0 aromatic heterocycles. The fourth-order valence-corrected chi connectivity index (χ4v) is 0.644. The first-order valence-electron chi connectivity index (χ1n) is 2.84. The summed E-state index contributed by atoms with van der Waals surface area (Å²) in [6, 6.07) is 8.65. The molecule has 0 unspecified atom stereocenters. The van der Waals surface area contributed by atoms with Crippen molar-refractivity contribution in [2.45, 2.75) is 0 Å². The molecule has 0 amide bonds. The van der Waals surface area contributed by atoms with E-state index in [2.05, 4.69) is 0 Å². The number of hydrogen-bond acceptors (Lipinski definition) is 1. The molecule has 0 spiro atoms. The average Bonchev–Trinajstić information content (AvgIpc) is 2.05. The number of carbonyl (C=O) groups excluding carboxylic acids is 1. The van der Waals surface area contributed by atoms with Gasteiger partial charge in [0.15, 0.2) is 0 Å². The zero-order valence-electron chi connectivity index (χ0n) is 5.28. The van der Waals surface area contributed by atoms with Gasteiger partial charge in [0, 0.05) is 0 Å². The molecular weight excluding hydrogens is 126 g/mol. The van der Waals surface area contributed by atoms with Gasteiger partial charge < -0.3 is 0 Å². The molecule has 0 atom stereocenters. The van der Waals surface area contributed by atoms with E-state index in [9.17, 15) is 0 Å². The zero-order valence-corrected chi connectivity index (χ0v) is 5.28. The molecule has 0 heterocycles. The standard InChI is InChI=1S/C8H5NO/c9-5-7-1-3-8(6-10)4-2-7/h1-4,6H/p+1. The Labute approximate surface area is 58.7 Å². The van der Waals surface area contributed by atoms with Crippen LogP contribution in [-0.2, 0) is 0 Å². The first-order valence-corrected chi connectivity index (χ1v) is 2.84. The van der Waals surface area contributed by atoms with Gasteiger partial charge in [-0.05, 0) is 24.3 Å². The quantitative estimate of drug-likeness (QED) is 0.416. The van der Waals surface area contributed by atoms with E-state index in [1.807, 2.05) is 6.07 Å². The van der Waals surface area contributed by atoms with Crippen molar-refractivity contribution < 1.29 is 4.79 Å². The second-order valence-electron chi connectivity index (χ2n) is 1.86. The highest BCUT2D eigenvalue weighted by Gasteiger charge is 1.91. The van der Waals surface area contributed by atoms with Gasteiger partial charge in [0.1, 0.15) is 0 Å². The lowest BCUT2D eigenvalue weighted by atomic mass is 10.2. The Morgan fingerprint density at radius 2 is 1.90 bits per heavy atom. The number of aldehydes is 1. The summed E-state index contributed by atoms with van der Waals surface area (Å²) in [5.41, 5.74) is 1.31. The van der Waals surface area contributed by atoms with Gasteiger partial charge in [-0.25, -0.2) is 0 Å². The topological polar surface area (TPSA) is 45.2 Å². The van der Waals surface area contributed by atoms with E-state index in [0.717, 1.165) is 6.29 Å². The lowest BCUT2D eigenvalue weighted by Gasteiger charge is -1.85. The molecule has 0 aliphatic heterocycles. The van der Waals surface area contributed by atoms with Crippen LogP contribution >= 0.6 is 0 Å². The largest absolute Gasteiger partial charge is 0.312 e. The second-order valence-corrected chi connectivity index (χ2v) is 1.86. The molecule has 0 aliphatic carbocycles. The predicted octanol–water partition coefficient (Wildman–Crippen LogP) is 1.08. The summed E-state index contributed by atoms with van der Waals surface area (Å²) in [5, 5.41) is 8.38. The highest BCUT2D eigenvalue weighted by Crippen LogP contribution is 1.99. The van der Waals surface area contributed by atoms with Crippen LogP contribution in [0.15, 0.2) is 24.3 Å². The van der Waals surface area contributed by atoms with Gasteiger partial charge in [-0.3, -0.25) is 4.79 Å². The van der Waals surface area contributed by atoms with Crippen molar-refractivity contribution in [3.8, 4) is 6.07 Å². The summed E-state index contributed by atoms with van der Waals surface area (Å²) in [7, 11) is 0. The molecule has 0 aliphatic rings. The van der Waals surface area contributed by atoms with Crippen LogP contribution in [0.2, 0.25) is 0 Å². The molecule has 0 saturated carbocycles. The Bertz CT molecular complexity index is 268. The number of nitrogens with zero attached hydrogens (tertiary/aromatic N) is 1. The molecule has 2 nitrogen and oxygen atoms in total. The van der Waals surface area contributed by atoms with E-state index in [1.54, 1.807) is 24.3 Å². The Kier molecular flexibility index (Phi) is 1.81. The zero-order chi connectivity index (χ0) is 7.40. The van der Waals surface area contributed by atoms with Crippen LogP contribution in [0, 0.1) is 11.3 Å². The molecule has 1 aromatic carbocycles. The third-order valence-corrected chi connectivity index (χ3v) is 1.19. The van der Waals surface area contributed by atoms with Crippen molar-refractivity contribution in [1.82, 2.24) is 0 Å². The average molecular weight is 132 g/mol. The van der Waals surface area contributed by atoms with Crippen LogP contribution in [-0.4, -0.2) is 11.1 Å². The fourth-order valence-electron chi connectivity index (χ4n) is 0.644. The number of nitriles is 1. The Balaban J connectivity index is 3.04. The van der Waals surface area contributed by atoms with E-state index in [0.29, 0.717) is 11.1 Å². The van der Waals surface area contributed by atoms with Gasteiger partial charge in [-0.1, -0.05) is 0 Å². The van der Waals surface area contributed by atoms with Gasteiger partial charge in [-0.2, -0.15) is 5.26 Å². The van der Waals surface area contributed by atoms with E-state index < -0.39 is 0 Å². The van der Waals surface area contributed by atoms with Crippen molar-refractivity contribution >= 4 is 6.29 Å². The predicted molar refractivity (Wildman–Crippen MR) is 38.3 cm³/mol. The SMILES string of the molecule is N#Cc1ccc(C=[OH+])cc1. The summed E-state index contributed by atoms with van der Waals surface area (Å²) in [5.74, 6) is 0. The Hall–Kier alpha value is -1.62. The Morgan fingerprint density at radius 3 is 2.30 bits per heavy atom. The molecule has 1 N–H and O–H groups in total. The normalized spacial score (nSPS) is 8.30. The monoisotopic (exact) mass is 132 g/mol. The first kappa shape index (κ1) is 6.50. The first-order chi connectivity index (χ1) is 4.86. The summed E-state index contributed by atoms with van der Waals surface area (Å²) in [6.07, 6.45) is 1.00. The van der Waals surface area contributed by atoms with Crippen molar-refractivity contribution in [1.29, 1.82) is 5.26 Å². The van der Waals surface area contributed by atoms with Crippen molar-refractivity contribution in [2.24, 2.45) is 0 Å². The molecule has 0 radical (unpaired) electrons. The summed E-state index contributed by atoms with van der Waals surface area (Å²) < 4.78 is 0. The van der Waals surface area contributed by atoms with E-state index in [1.165, 1.54) is 0 Å². The maximum absolute atomic E-state index is 8.49. The van der Waals surface area contributed by atoms with Gasteiger partial charge in [0.2, 0.25) is 0 Å². The van der Waals surface area contributed by atoms with Crippen LogP contribution in [0.25, 0.3) is 0 Å². The van der Waals surface area contributed by atoms with Crippen LogP contribution in [0.5, 0.6) is 0 Å². The van der Waals surface area contributed by atoms with E-state index in [4.69, 9.17) is 10.1 Å². The van der Waals surface area contributed by atoms with Gasteiger partial charge in [-0.15, -0.1) is 0 Å². The fraction of sp³-hybridized carbons (Fsp3) is 0. The van der Waals surface area contributed by atoms with Crippen LogP contribution in [0.1, 0.15) is 11.1 Å². The highest BCUT2D eigenvalue weighted by molar-refractivity contribution is 5.75. The smallest absolute Gasteiger partial charge is 0.281 e. The van der Waals surface area contributed by atoms with Crippen LogP contribution in [0.4, 0.5) is 0 Å². The maximum atomic E-state index is 8.49. The molecule has 10 heavy (non-hydrogen) atoms. The van der Waals surface area contributed by atoms with Crippen molar-refractivity contribution in [3.63, 3.8) is 0 Å². The molecular formula is C8H6NO+. The summed E-state index contributed by atoms with van der Waals surface area (Å²) in [4.78, 5) is 8.49. The molecule has 0 bridgehead atoms. The molecule has 48 valence electrons. The van der Waals surface area contributed by atoms with E-state index >= 15 is 0 Å². The van der Waals surface area contributed by atoms with Gasteiger partial charge in [0.25, 0.3) is 0 Å². The molecule has 1 rings (SSSR count). The number of hydrogen-bond donors (Lipinski definition) is 0. The summed E-state index contributed by atoms with van der Waals surface area (Å²) >= 11 is 0. The summed E-state index contributed by atoms with van der Waals surface area (Å²) in [6.45, 7) is 0. The van der Waals surface area contributed by atoms with E-state index in [-0.39, 0.29) is 0 Å². The van der Waals surface area contributed by atoms with Crippen molar-refractivity contribution in [2.75, 3.05) is 0 Å². The van der Waals surface area contributed by atoms with Crippen LogP contribution < -0.4 is 0 Å². The second kappa shape index (κ2) is 2.79. The highest BCUT2D eigenvalue weighted by atomic mass is 16.1. The minimum Gasteiger partial charge on any atom is -0.281 e. The number of benzene rings is 1. The van der Waals surface area contributed by atoms with Gasteiger partial charge in [0.05, 0.1) is 17.2 Å². The maximum Gasteiger partial charge on any atom is 0.312 e. The molecule has 1 aromatic rings. The lowest BCUT2D eigenvalue weighted by Crippen LogP contribution is -1.79. The van der Waals surface area contributed by atoms with Crippen LogP contribution in [0.3, 0.4) is 0 Å². The van der Waals surface area contributed by atoms with Gasteiger partial charge >= 0.3 is 6.29 Å². The van der Waals surface area contributed by atoms with Crippen molar-refractivity contribution in [3.05, 3.63) is 35.4 Å². The third-order valence-electron chi connectivity index (χ3n) is 1.19. The minimum absolute atomic E-state index is 0.602. The number of rotatable bonds is 1. The molecule has 0 fully saturated rings. The Morgan fingerprint density at radius 1 is 1.30 bits per heavy atom. The minimum atomic E-state index is 0.602. The molecule has 2 heteroatoms.